The highest BCUT2D eigenvalue weighted by Crippen LogP contribution is 2.22. The summed E-state index contributed by atoms with van der Waals surface area (Å²) in [5, 5.41) is 3.49. The van der Waals surface area contributed by atoms with Crippen LogP contribution in [0.1, 0.15) is 34.7 Å². The summed E-state index contributed by atoms with van der Waals surface area (Å²) in [7, 11) is 0. The molecule has 0 saturated heterocycles. The fourth-order valence-electron chi connectivity index (χ4n) is 2.72. The van der Waals surface area contributed by atoms with Crippen molar-refractivity contribution in [2.45, 2.75) is 34.6 Å². The van der Waals surface area contributed by atoms with Crippen LogP contribution < -0.4 is 5.32 Å². The van der Waals surface area contributed by atoms with Crippen LogP contribution in [0, 0.1) is 27.7 Å². The molecule has 114 valence electrons. The first kappa shape index (κ1) is 16.4. The van der Waals surface area contributed by atoms with Gasteiger partial charge in [0.15, 0.2) is 0 Å². The molecule has 0 aliphatic carbocycles. The maximum Gasteiger partial charge on any atom is 0.0471 e. The van der Waals surface area contributed by atoms with E-state index in [4.69, 9.17) is 12.2 Å². The van der Waals surface area contributed by atoms with Crippen LogP contribution in [0.3, 0.4) is 0 Å². The van der Waals surface area contributed by atoms with Gasteiger partial charge in [0.05, 0.1) is 0 Å². The zero-order valence-electron chi connectivity index (χ0n) is 13.9. The summed E-state index contributed by atoms with van der Waals surface area (Å²) in [6.07, 6.45) is 2.05. The lowest BCUT2D eigenvalue weighted by Crippen LogP contribution is -2.05. The van der Waals surface area contributed by atoms with Crippen molar-refractivity contribution in [3.63, 3.8) is 0 Å². The average Bonchev–Trinajstić information content (AvgIpc) is 2.43. The Labute approximate surface area is 139 Å². The molecule has 0 aliphatic rings. The van der Waals surface area contributed by atoms with Crippen molar-refractivity contribution in [1.29, 1.82) is 0 Å². The van der Waals surface area contributed by atoms with Crippen molar-refractivity contribution in [1.82, 2.24) is 0 Å². The Hall–Kier alpha value is -1.93. The first-order chi connectivity index (χ1) is 10.4. The average molecular weight is 309 g/mol. The molecule has 1 nitrogen and oxygen atoms in total. The van der Waals surface area contributed by atoms with E-state index in [2.05, 4.69) is 82.4 Å². The van der Waals surface area contributed by atoms with E-state index in [-0.39, 0.29) is 0 Å². The summed E-state index contributed by atoms with van der Waals surface area (Å²) in [4.78, 5) is 0.881. The van der Waals surface area contributed by atoms with Gasteiger partial charge in [0, 0.05) is 16.2 Å². The van der Waals surface area contributed by atoms with Crippen molar-refractivity contribution >= 4 is 22.8 Å². The van der Waals surface area contributed by atoms with Crippen molar-refractivity contribution in [2.75, 3.05) is 5.32 Å². The van der Waals surface area contributed by atoms with Crippen LogP contribution in [0.5, 0.6) is 0 Å². The Balaban J connectivity index is 2.28. The highest BCUT2D eigenvalue weighted by molar-refractivity contribution is 7.81. The van der Waals surface area contributed by atoms with E-state index < -0.39 is 0 Å². The first-order valence-electron chi connectivity index (χ1n) is 7.52. The number of thiocarbonyl (C=S) groups is 1. The summed E-state index contributed by atoms with van der Waals surface area (Å²) >= 11 is 5.64. The second-order valence-electron chi connectivity index (χ2n) is 5.85. The molecule has 0 spiro atoms. The number of para-hydroxylation sites is 1. The van der Waals surface area contributed by atoms with Gasteiger partial charge in [-0.15, -0.1) is 0 Å². The zero-order valence-corrected chi connectivity index (χ0v) is 14.8. The summed E-state index contributed by atoms with van der Waals surface area (Å²) in [5.74, 6) is 0. The Kier molecular flexibility index (Phi) is 5.15. The molecular weight excluding hydrogens is 286 g/mol. The molecular formula is C20H23NS. The van der Waals surface area contributed by atoms with Gasteiger partial charge in [0.25, 0.3) is 0 Å². The second kappa shape index (κ2) is 6.89. The maximum atomic E-state index is 5.64. The number of nitrogens with one attached hydrogen (secondary N) is 1. The summed E-state index contributed by atoms with van der Waals surface area (Å²) in [6.45, 7) is 10.5. The summed E-state index contributed by atoms with van der Waals surface area (Å²) in [6, 6.07) is 12.6. The van der Waals surface area contributed by atoms with Gasteiger partial charge in [-0.3, -0.25) is 0 Å². The van der Waals surface area contributed by atoms with E-state index in [0.717, 1.165) is 10.6 Å². The minimum Gasteiger partial charge on any atom is -0.359 e. The number of benzene rings is 2. The third-order valence-electron chi connectivity index (χ3n) is 3.88. The standard InChI is InChI=1S/C20H23NS/c1-13-8-6-9-14(2)19(13)18(22)12-17(5)21-20-15(3)10-7-11-16(20)4/h6-12,21H,1-5H3/b17-12-. The molecule has 0 aromatic heterocycles. The fourth-order valence-corrected chi connectivity index (χ4v) is 3.22. The molecule has 0 unspecified atom stereocenters. The van der Waals surface area contributed by atoms with E-state index >= 15 is 0 Å². The third kappa shape index (κ3) is 3.63. The molecule has 1 N–H and O–H groups in total. The smallest absolute Gasteiger partial charge is 0.0471 e. The van der Waals surface area contributed by atoms with Crippen LogP contribution in [0.4, 0.5) is 5.69 Å². The molecule has 0 aliphatic heterocycles. The van der Waals surface area contributed by atoms with E-state index in [9.17, 15) is 0 Å². The lowest BCUT2D eigenvalue weighted by atomic mass is 9.99. The molecule has 0 radical (unpaired) electrons. The summed E-state index contributed by atoms with van der Waals surface area (Å²) in [5.41, 5.74) is 8.32. The molecule has 2 rings (SSSR count). The molecule has 22 heavy (non-hydrogen) atoms. The van der Waals surface area contributed by atoms with E-state index in [1.165, 1.54) is 33.5 Å². The quantitative estimate of drug-likeness (QED) is 0.444. The Morgan fingerprint density at radius 3 is 1.82 bits per heavy atom. The van der Waals surface area contributed by atoms with Gasteiger partial charge < -0.3 is 5.32 Å². The van der Waals surface area contributed by atoms with Gasteiger partial charge in [-0.25, -0.2) is 0 Å². The number of aryl methyl sites for hydroxylation is 4. The van der Waals surface area contributed by atoms with Crippen LogP contribution in [0.15, 0.2) is 48.2 Å². The SMILES string of the molecule is C/C(=C/C(=S)c1c(C)cccc1C)Nc1c(C)cccc1C. The highest BCUT2D eigenvalue weighted by Gasteiger charge is 2.07. The van der Waals surface area contributed by atoms with Crippen LogP contribution in [0.2, 0.25) is 0 Å². The minimum atomic E-state index is 0.881. The molecule has 0 amide bonds. The number of rotatable bonds is 4. The Bertz CT molecular complexity index is 701. The number of anilines is 1. The van der Waals surface area contributed by atoms with Crippen molar-refractivity contribution in [3.8, 4) is 0 Å². The normalized spacial score (nSPS) is 11.4. The Morgan fingerprint density at radius 2 is 1.32 bits per heavy atom. The topological polar surface area (TPSA) is 12.0 Å². The van der Waals surface area contributed by atoms with Crippen molar-refractivity contribution in [2.24, 2.45) is 0 Å². The van der Waals surface area contributed by atoms with Gasteiger partial charge in [0.2, 0.25) is 0 Å². The van der Waals surface area contributed by atoms with Gasteiger partial charge in [-0.05, 0) is 68.5 Å². The van der Waals surface area contributed by atoms with Crippen LogP contribution >= 0.6 is 12.2 Å². The van der Waals surface area contributed by atoms with Crippen LogP contribution in [-0.4, -0.2) is 4.86 Å². The molecule has 0 atom stereocenters. The Morgan fingerprint density at radius 1 is 0.864 bits per heavy atom. The second-order valence-corrected chi connectivity index (χ2v) is 6.29. The van der Waals surface area contributed by atoms with Crippen LogP contribution in [0.25, 0.3) is 0 Å². The minimum absolute atomic E-state index is 0.881. The molecule has 2 heteroatoms. The molecule has 0 heterocycles. The molecule has 0 saturated carbocycles. The van der Waals surface area contributed by atoms with Gasteiger partial charge >= 0.3 is 0 Å². The van der Waals surface area contributed by atoms with Crippen LogP contribution in [-0.2, 0) is 0 Å². The number of allylic oxidation sites excluding steroid dienone is 2. The monoisotopic (exact) mass is 309 g/mol. The van der Waals surface area contributed by atoms with E-state index in [1.54, 1.807) is 0 Å². The first-order valence-corrected chi connectivity index (χ1v) is 7.93. The van der Waals surface area contributed by atoms with Crippen molar-refractivity contribution in [3.05, 3.63) is 76.0 Å². The maximum absolute atomic E-state index is 5.64. The van der Waals surface area contributed by atoms with Crippen molar-refractivity contribution < 1.29 is 0 Å². The predicted octanol–water partition coefficient (Wildman–Crippen LogP) is 5.65. The number of hydrogen-bond donors (Lipinski definition) is 1. The molecule has 2 aromatic rings. The lowest BCUT2D eigenvalue weighted by Gasteiger charge is -2.14. The number of hydrogen-bond acceptors (Lipinski definition) is 2. The molecule has 2 aromatic carbocycles. The molecule has 0 bridgehead atoms. The third-order valence-corrected chi connectivity index (χ3v) is 4.20. The lowest BCUT2D eigenvalue weighted by molar-refractivity contribution is 1.30. The highest BCUT2D eigenvalue weighted by atomic mass is 32.1. The predicted molar refractivity (Wildman–Crippen MR) is 101 cm³/mol. The summed E-state index contributed by atoms with van der Waals surface area (Å²) < 4.78 is 0. The largest absolute Gasteiger partial charge is 0.359 e. The van der Waals surface area contributed by atoms with Gasteiger partial charge in [0.1, 0.15) is 0 Å². The van der Waals surface area contributed by atoms with E-state index in [1.807, 2.05) is 0 Å². The zero-order chi connectivity index (χ0) is 16.3. The van der Waals surface area contributed by atoms with Gasteiger partial charge in [-0.2, -0.15) is 0 Å². The van der Waals surface area contributed by atoms with Gasteiger partial charge in [-0.1, -0.05) is 48.6 Å². The fraction of sp³-hybridized carbons (Fsp3) is 0.250. The van der Waals surface area contributed by atoms with E-state index in [0.29, 0.717) is 0 Å². The molecule has 0 fully saturated rings.